The number of hydrogen-bond acceptors (Lipinski definition) is 9. The molecule has 0 spiro atoms. The molecule has 23 heavy (non-hydrogen) atoms. The van der Waals surface area contributed by atoms with Crippen molar-refractivity contribution in [3.63, 3.8) is 0 Å². The lowest BCUT2D eigenvalue weighted by Crippen LogP contribution is -2.77. The maximum absolute atomic E-state index is 10.8. The fourth-order valence-electron chi connectivity index (χ4n) is 3.53. The smallest absolute Gasteiger partial charge is 0.150 e. The van der Waals surface area contributed by atoms with Gasteiger partial charge in [-0.1, -0.05) is 13.8 Å². The molecule has 1 aliphatic heterocycles. The lowest BCUT2D eigenvalue weighted by Gasteiger charge is -2.55. The molecule has 136 valence electrons. The first-order chi connectivity index (χ1) is 10.6. The molecule has 11 atom stereocenters. The lowest BCUT2D eigenvalue weighted by atomic mass is 9.66. The normalized spacial score (nSPS) is 58.2. The van der Waals surface area contributed by atoms with Crippen molar-refractivity contribution in [2.45, 2.75) is 68.3 Å². The molecular weight excluding hydrogens is 312 g/mol. The van der Waals surface area contributed by atoms with Gasteiger partial charge in [-0.25, -0.2) is 0 Å². The minimum atomic E-state index is -2.58. The van der Waals surface area contributed by atoms with E-state index in [1.54, 1.807) is 0 Å². The third-order valence-corrected chi connectivity index (χ3v) is 5.40. The molecule has 0 radical (unpaired) electrons. The van der Waals surface area contributed by atoms with Gasteiger partial charge < -0.3 is 45.6 Å². The minimum Gasteiger partial charge on any atom is -0.394 e. The predicted molar refractivity (Wildman–Crippen MR) is 75.1 cm³/mol. The summed E-state index contributed by atoms with van der Waals surface area (Å²) in [7, 11) is 0. The average molecular weight is 338 g/mol. The van der Waals surface area contributed by atoms with E-state index in [9.17, 15) is 40.9 Å². The molecule has 1 saturated heterocycles. The van der Waals surface area contributed by atoms with Gasteiger partial charge in [-0.2, -0.15) is 0 Å². The van der Waals surface area contributed by atoms with E-state index in [0.29, 0.717) is 0 Å². The Morgan fingerprint density at radius 3 is 1.65 bits per heavy atom. The fourth-order valence-corrected chi connectivity index (χ4v) is 3.53. The van der Waals surface area contributed by atoms with Crippen molar-refractivity contribution in [1.82, 2.24) is 0 Å². The molecule has 0 aromatic rings. The van der Waals surface area contributed by atoms with Crippen LogP contribution >= 0.6 is 0 Å². The van der Waals surface area contributed by atoms with E-state index in [0.717, 1.165) is 0 Å². The molecule has 0 aromatic carbocycles. The summed E-state index contributed by atoms with van der Waals surface area (Å²) in [4.78, 5) is 0. The van der Waals surface area contributed by atoms with Crippen molar-refractivity contribution in [3.8, 4) is 0 Å². The summed E-state index contributed by atoms with van der Waals surface area (Å²) < 4.78 is 5.30. The molecule has 2 fully saturated rings. The van der Waals surface area contributed by atoms with Gasteiger partial charge in [-0.15, -0.1) is 0 Å². The highest BCUT2D eigenvalue weighted by molar-refractivity contribution is 5.14. The van der Waals surface area contributed by atoms with Crippen LogP contribution in [0.1, 0.15) is 13.8 Å². The fraction of sp³-hybridized carbons (Fsp3) is 1.00. The third-order valence-electron chi connectivity index (χ3n) is 5.40. The maximum atomic E-state index is 10.8. The predicted octanol–water partition coefficient (Wildman–Crippen LogP) is -4.07. The summed E-state index contributed by atoms with van der Waals surface area (Å²) in [5, 5.41) is 80.8. The van der Waals surface area contributed by atoms with E-state index < -0.39 is 72.9 Å². The highest BCUT2D eigenvalue weighted by Crippen LogP contribution is 2.41. The number of hydrogen-bond donors (Lipinski definition) is 8. The van der Waals surface area contributed by atoms with Crippen LogP contribution in [0.4, 0.5) is 0 Å². The average Bonchev–Trinajstić information content (AvgIpc) is 2.54. The van der Waals surface area contributed by atoms with Gasteiger partial charge in [0.15, 0.2) is 0 Å². The second-order valence-corrected chi connectivity index (χ2v) is 6.74. The SMILES string of the molecule is C[C@@H]1[C@@H](O)[C@H](O)[C@](O)([C@H]2O[C@H](CO)[C@H](O)[C@H](C)[C@H]2O)[C@@H](O)[C@H]1O. The van der Waals surface area contributed by atoms with Gasteiger partial charge in [0.2, 0.25) is 0 Å². The largest absolute Gasteiger partial charge is 0.394 e. The summed E-state index contributed by atoms with van der Waals surface area (Å²) in [5.41, 5.74) is -2.58. The molecule has 1 heterocycles. The molecule has 0 bridgehead atoms. The molecular formula is C14H26O9. The van der Waals surface area contributed by atoms with E-state index in [1.165, 1.54) is 13.8 Å². The van der Waals surface area contributed by atoms with Crippen molar-refractivity contribution in [1.29, 1.82) is 0 Å². The first kappa shape index (κ1) is 19.0. The Morgan fingerprint density at radius 1 is 0.783 bits per heavy atom. The van der Waals surface area contributed by atoms with Crippen LogP contribution in [-0.2, 0) is 4.74 Å². The zero-order chi connectivity index (χ0) is 17.7. The monoisotopic (exact) mass is 338 g/mol. The number of aliphatic hydroxyl groups is 8. The van der Waals surface area contributed by atoms with Crippen LogP contribution in [0.2, 0.25) is 0 Å². The van der Waals surface area contributed by atoms with Crippen LogP contribution < -0.4 is 0 Å². The van der Waals surface area contributed by atoms with Crippen LogP contribution in [0.15, 0.2) is 0 Å². The van der Waals surface area contributed by atoms with E-state index in [1.807, 2.05) is 0 Å². The quantitative estimate of drug-likeness (QED) is 0.249. The highest BCUT2D eigenvalue weighted by Gasteiger charge is 2.64. The molecule has 0 aromatic heterocycles. The summed E-state index contributed by atoms with van der Waals surface area (Å²) in [6.45, 7) is 2.23. The third kappa shape index (κ3) is 2.70. The molecule has 8 N–H and O–H groups in total. The molecule has 0 amide bonds. The van der Waals surface area contributed by atoms with Crippen molar-refractivity contribution in [2.75, 3.05) is 6.61 Å². The number of ether oxygens (including phenoxy) is 1. The lowest BCUT2D eigenvalue weighted by molar-refractivity contribution is -0.328. The highest BCUT2D eigenvalue weighted by atomic mass is 16.6. The Balaban J connectivity index is 2.40. The van der Waals surface area contributed by atoms with Gasteiger partial charge in [-0.05, 0) is 0 Å². The second-order valence-electron chi connectivity index (χ2n) is 6.74. The van der Waals surface area contributed by atoms with Gasteiger partial charge in [0, 0.05) is 11.8 Å². The van der Waals surface area contributed by atoms with Crippen LogP contribution in [-0.4, -0.2) is 102 Å². The molecule has 9 nitrogen and oxygen atoms in total. The van der Waals surface area contributed by atoms with E-state index in [-0.39, 0.29) is 0 Å². The standard InChI is InChI=1S/C14H26O9/c1-4-7(16)6(3-15)23-13(10(4)19)14(22)11(20)8(17)5(2)9(18)12(14)21/h4-13,15-22H,3H2,1-2H3/t4-,5-,6+,7+,8-,9+,10+,11-,12-,13-,14-/m0/s1. The number of aliphatic hydroxyl groups excluding tert-OH is 7. The summed E-state index contributed by atoms with van der Waals surface area (Å²) in [6.07, 6.45) is -12.4. The first-order valence-electron chi connectivity index (χ1n) is 7.66. The Labute approximate surface area is 133 Å². The summed E-state index contributed by atoms with van der Waals surface area (Å²) in [5.74, 6) is -1.76. The van der Waals surface area contributed by atoms with Gasteiger partial charge in [-0.3, -0.25) is 0 Å². The Kier molecular flexibility index (Phi) is 5.37. The van der Waals surface area contributed by atoms with Gasteiger partial charge in [0.1, 0.15) is 30.0 Å². The molecule has 2 aliphatic rings. The summed E-state index contributed by atoms with van der Waals surface area (Å²) >= 11 is 0. The zero-order valence-electron chi connectivity index (χ0n) is 13.0. The van der Waals surface area contributed by atoms with Crippen LogP contribution in [0, 0.1) is 11.8 Å². The Hall–Kier alpha value is -0.360. The molecule has 9 heteroatoms. The van der Waals surface area contributed by atoms with E-state index >= 15 is 0 Å². The first-order valence-corrected chi connectivity index (χ1v) is 7.66. The van der Waals surface area contributed by atoms with Crippen molar-refractivity contribution in [2.24, 2.45) is 11.8 Å². The molecule has 1 aliphatic carbocycles. The zero-order valence-corrected chi connectivity index (χ0v) is 13.0. The van der Waals surface area contributed by atoms with Crippen LogP contribution in [0.25, 0.3) is 0 Å². The minimum absolute atomic E-state index is 0.613. The molecule has 1 saturated carbocycles. The maximum Gasteiger partial charge on any atom is 0.150 e. The molecule has 2 rings (SSSR count). The van der Waals surface area contributed by atoms with Crippen molar-refractivity contribution >= 4 is 0 Å². The van der Waals surface area contributed by atoms with Crippen molar-refractivity contribution in [3.05, 3.63) is 0 Å². The van der Waals surface area contributed by atoms with Gasteiger partial charge >= 0.3 is 0 Å². The van der Waals surface area contributed by atoms with Crippen molar-refractivity contribution < 1.29 is 45.6 Å². The van der Waals surface area contributed by atoms with Crippen LogP contribution in [0.5, 0.6) is 0 Å². The Bertz CT molecular complexity index is 401. The van der Waals surface area contributed by atoms with E-state index in [2.05, 4.69) is 0 Å². The second kappa shape index (κ2) is 6.51. The van der Waals surface area contributed by atoms with E-state index in [4.69, 9.17) is 4.74 Å². The van der Waals surface area contributed by atoms with Crippen LogP contribution in [0.3, 0.4) is 0 Å². The number of rotatable bonds is 2. The Morgan fingerprint density at radius 2 is 1.22 bits per heavy atom. The summed E-state index contributed by atoms with van der Waals surface area (Å²) in [6, 6.07) is 0. The van der Waals surface area contributed by atoms with Gasteiger partial charge in [0.05, 0.1) is 31.0 Å². The van der Waals surface area contributed by atoms with Gasteiger partial charge in [0.25, 0.3) is 0 Å². The topological polar surface area (TPSA) is 171 Å². The molecule has 0 unspecified atom stereocenters.